The highest BCUT2D eigenvalue weighted by Gasteiger charge is 2.16. The van der Waals surface area contributed by atoms with Crippen LogP contribution in [0.2, 0.25) is 0 Å². The molecule has 5 nitrogen and oxygen atoms in total. The lowest BCUT2D eigenvalue weighted by molar-refractivity contribution is -0.161. The predicted molar refractivity (Wildman–Crippen MR) is 339 cm³/mol. The smallest absolute Gasteiger partial charge is 0.306 e. The molecule has 0 bridgehead atoms. The first-order valence-electron chi connectivity index (χ1n) is 33.6. The van der Waals surface area contributed by atoms with E-state index in [1.165, 1.54) is 231 Å². The van der Waals surface area contributed by atoms with Crippen LogP contribution >= 0.6 is 0 Å². The highest BCUT2D eigenvalue weighted by molar-refractivity contribution is 5.70. The topological polar surface area (TPSA) is 72.8 Å². The Labute approximate surface area is 479 Å². The Bertz CT molecular complexity index is 1400. The zero-order valence-electron chi connectivity index (χ0n) is 51.2. The second kappa shape index (κ2) is 67.4. The van der Waals surface area contributed by atoms with E-state index in [0.29, 0.717) is 12.8 Å². The van der Waals surface area contributed by atoms with Crippen molar-refractivity contribution >= 4 is 11.9 Å². The third kappa shape index (κ3) is 65.5. The largest absolute Gasteiger partial charge is 0.462 e. The van der Waals surface area contributed by atoms with Crippen molar-refractivity contribution in [1.29, 1.82) is 0 Å². The van der Waals surface area contributed by atoms with Crippen LogP contribution in [0.5, 0.6) is 0 Å². The normalized spacial score (nSPS) is 12.7. The molecule has 0 spiro atoms. The molecule has 0 aromatic heterocycles. The third-order valence-electron chi connectivity index (χ3n) is 15.0. The minimum atomic E-state index is -0.774. The minimum absolute atomic E-state index is 0.0632. The molecule has 0 aliphatic rings. The van der Waals surface area contributed by atoms with Crippen molar-refractivity contribution < 1.29 is 24.2 Å². The zero-order chi connectivity index (χ0) is 55.5. The predicted octanol–water partition coefficient (Wildman–Crippen LogP) is 23.3. The van der Waals surface area contributed by atoms with Gasteiger partial charge in [-0.1, -0.05) is 343 Å². The van der Waals surface area contributed by atoms with E-state index in [4.69, 9.17) is 9.47 Å². The van der Waals surface area contributed by atoms with Crippen LogP contribution < -0.4 is 0 Å². The number of hydrogen-bond acceptors (Lipinski definition) is 5. The highest BCUT2D eigenvalue weighted by atomic mass is 16.6. The molecule has 0 amide bonds. The van der Waals surface area contributed by atoms with Gasteiger partial charge in [-0.15, -0.1) is 0 Å². The maximum atomic E-state index is 12.4. The number of carbonyl (C=O) groups excluding carboxylic acids is 2. The summed E-state index contributed by atoms with van der Waals surface area (Å²) in [6.07, 6.45) is 94.6. The van der Waals surface area contributed by atoms with Crippen molar-refractivity contribution in [2.45, 2.75) is 347 Å². The van der Waals surface area contributed by atoms with Crippen LogP contribution in [0.4, 0.5) is 0 Å². The molecule has 1 unspecified atom stereocenters. The summed E-state index contributed by atoms with van der Waals surface area (Å²) in [7, 11) is 0. The van der Waals surface area contributed by atoms with Gasteiger partial charge in [0.25, 0.3) is 0 Å². The van der Waals surface area contributed by atoms with Gasteiger partial charge in [-0.05, 0) is 70.6 Å². The molecule has 0 rings (SSSR count). The summed E-state index contributed by atoms with van der Waals surface area (Å²) in [6, 6.07) is 0. The lowest BCUT2D eigenvalue weighted by atomic mass is 10.0. The van der Waals surface area contributed by atoms with Crippen LogP contribution in [0.15, 0.2) is 85.1 Å². The minimum Gasteiger partial charge on any atom is -0.462 e. The van der Waals surface area contributed by atoms with E-state index in [9.17, 15) is 14.7 Å². The molecule has 446 valence electrons. The number of aliphatic hydroxyl groups excluding tert-OH is 1. The SMILES string of the molecule is CC/C=C\C/C=C\C/C=C\C/C=C\C/C=C\C/C=C\C/C=C\CCCCCCCCCCCCCCCCCC(=O)OC(CO)COC(=O)CCCCCCCCCCCCCCCCCCCCCCCCCCCC. The van der Waals surface area contributed by atoms with Gasteiger partial charge < -0.3 is 14.6 Å². The first-order chi connectivity index (χ1) is 38.1. The average Bonchev–Trinajstić information content (AvgIpc) is 3.43. The highest BCUT2D eigenvalue weighted by Crippen LogP contribution is 2.18. The first-order valence-corrected chi connectivity index (χ1v) is 33.6. The first kappa shape index (κ1) is 74.1. The summed E-state index contributed by atoms with van der Waals surface area (Å²) in [4.78, 5) is 24.6. The molecule has 0 saturated carbocycles. The Hall–Kier alpha value is -2.92. The van der Waals surface area contributed by atoms with Crippen LogP contribution in [0.1, 0.15) is 341 Å². The van der Waals surface area contributed by atoms with Gasteiger partial charge in [-0.25, -0.2) is 0 Å². The number of aliphatic hydroxyl groups is 1. The quantitative estimate of drug-likeness (QED) is 0.0373. The fourth-order valence-corrected chi connectivity index (χ4v) is 9.95. The van der Waals surface area contributed by atoms with E-state index in [1.54, 1.807) is 0 Å². The molecular weight excluding hydrogens is 945 g/mol. The molecule has 0 fully saturated rings. The number of hydrogen-bond donors (Lipinski definition) is 1. The third-order valence-corrected chi connectivity index (χ3v) is 15.0. The van der Waals surface area contributed by atoms with Crippen LogP contribution in [-0.2, 0) is 19.1 Å². The Morgan fingerprint density at radius 1 is 0.312 bits per heavy atom. The van der Waals surface area contributed by atoms with E-state index >= 15 is 0 Å². The van der Waals surface area contributed by atoms with Gasteiger partial charge in [-0.3, -0.25) is 9.59 Å². The van der Waals surface area contributed by atoms with E-state index in [-0.39, 0.29) is 25.2 Å². The second-order valence-corrected chi connectivity index (χ2v) is 22.5. The van der Waals surface area contributed by atoms with Gasteiger partial charge in [0, 0.05) is 12.8 Å². The summed E-state index contributed by atoms with van der Waals surface area (Å²) >= 11 is 0. The summed E-state index contributed by atoms with van der Waals surface area (Å²) in [6.45, 7) is 4.07. The fourth-order valence-electron chi connectivity index (χ4n) is 9.95. The zero-order valence-corrected chi connectivity index (χ0v) is 51.2. The lowest BCUT2D eigenvalue weighted by Gasteiger charge is -2.15. The van der Waals surface area contributed by atoms with Crippen molar-refractivity contribution in [3.63, 3.8) is 0 Å². The molecule has 1 atom stereocenters. The summed E-state index contributed by atoms with van der Waals surface area (Å²) in [5, 5.41) is 9.69. The Morgan fingerprint density at radius 2 is 0.558 bits per heavy atom. The van der Waals surface area contributed by atoms with Crippen molar-refractivity contribution in [3.8, 4) is 0 Å². The molecule has 0 radical (unpaired) electrons. The summed E-state index contributed by atoms with van der Waals surface area (Å²) in [5.41, 5.74) is 0. The fraction of sp³-hybridized carbons (Fsp3) is 0.778. The number of esters is 2. The monoisotopic (exact) mass is 1070 g/mol. The van der Waals surface area contributed by atoms with Crippen molar-refractivity contribution in [3.05, 3.63) is 85.1 Å². The van der Waals surface area contributed by atoms with E-state index in [2.05, 4.69) is 98.9 Å². The number of rotatable bonds is 62. The molecule has 0 aliphatic carbocycles. The Balaban J connectivity index is 3.45. The maximum Gasteiger partial charge on any atom is 0.306 e. The van der Waals surface area contributed by atoms with Crippen molar-refractivity contribution in [2.24, 2.45) is 0 Å². The molecule has 0 aliphatic heterocycles. The van der Waals surface area contributed by atoms with Gasteiger partial charge in [0.15, 0.2) is 6.10 Å². The second-order valence-electron chi connectivity index (χ2n) is 22.5. The van der Waals surface area contributed by atoms with Crippen LogP contribution in [0.25, 0.3) is 0 Å². The molecular formula is C72H128O5. The number of carbonyl (C=O) groups is 2. The van der Waals surface area contributed by atoms with Crippen LogP contribution in [0, 0.1) is 0 Å². The summed E-state index contributed by atoms with van der Waals surface area (Å²) < 4.78 is 10.8. The van der Waals surface area contributed by atoms with E-state index in [1.807, 2.05) is 0 Å². The lowest BCUT2D eigenvalue weighted by Crippen LogP contribution is -2.28. The molecule has 0 saturated heterocycles. The van der Waals surface area contributed by atoms with Gasteiger partial charge in [-0.2, -0.15) is 0 Å². The number of ether oxygens (including phenoxy) is 2. The molecule has 0 aromatic rings. The average molecular weight is 1070 g/mol. The molecule has 5 heteroatoms. The van der Waals surface area contributed by atoms with Crippen molar-refractivity contribution in [2.75, 3.05) is 13.2 Å². The van der Waals surface area contributed by atoms with Gasteiger partial charge in [0.1, 0.15) is 6.61 Å². The number of allylic oxidation sites excluding steroid dienone is 14. The standard InChI is InChI=1S/C72H128O5/c1-3-5-7-9-11-13-15-17-19-21-23-25-27-29-31-32-33-34-35-36-37-38-39-40-41-43-45-47-49-51-53-55-57-59-61-63-65-67-72(75)77-70(68-73)69-76-71(74)66-64-62-60-58-56-54-52-50-48-46-44-42-30-28-26-24-22-20-18-16-14-12-10-8-6-4-2/h5,7,11,13,17,19,23,25,29,31,33-34,36-37,70,73H,3-4,6,8-10,12,14-16,18,20-22,24,26-28,30,32,35,38-69H2,1-2H3/b7-5-,13-11-,19-17-,25-23-,31-29-,34-33-,37-36-. The van der Waals surface area contributed by atoms with Gasteiger partial charge in [0.2, 0.25) is 0 Å². The molecule has 1 N–H and O–H groups in total. The molecule has 0 heterocycles. The van der Waals surface area contributed by atoms with Gasteiger partial charge >= 0.3 is 11.9 Å². The van der Waals surface area contributed by atoms with Gasteiger partial charge in [0.05, 0.1) is 6.61 Å². The Kier molecular flexibility index (Phi) is 64.8. The van der Waals surface area contributed by atoms with E-state index < -0.39 is 6.10 Å². The van der Waals surface area contributed by atoms with E-state index in [0.717, 1.165) is 83.5 Å². The Morgan fingerprint density at radius 3 is 0.844 bits per heavy atom. The summed E-state index contributed by atoms with van der Waals surface area (Å²) in [5.74, 6) is -0.575. The molecule has 77 heavy (non-hydrogen) atoms. The maximum absolute atomic E-state index is 12.4. The number of unbranched alkanes of at least 4 members (excludes halogenated alkanes) is 40. The van der Waals surface area contributed by atoms with Crippen LogP contribution in [-0.4, -0.2) is 36.4 Å². The van der Waals surface area contributed by atoms with Crippen LogP contribution in [0.3, 0.4) is 0 Å². The van der Waals surface area contributed by atoms with Crippen molar-refractivity contribution in [1.82, 2.24) is 0 Å². The molecule has 0 aromatic carbocycles.